The molecule has 0 saturated carbocycles. The number of carbonyl (C=O) groups excluding carboxylic acids is 1. The summed E-state index contributed by atoms with van der Waals surface area (Å²) in [5, 5.41) is 17.1. The normalized spacial score (nSPS) is 22.1. The first-order chi connectivity index (χ1) is 9.13. The average Bonchev–Trinajstić information content (AvgIpc) is 2.81. The molecule has 2 heterocycles. The molecule has 1 aliphatic rings. The Kier molecular flexibility index (Phi) is 4.93. The van der Waals surface area contributed by atoms with Crippen LogP contribution in [0.3, 0.4) is 0 Å². The van der Waals surface area contributed by atoms with Gasteiger partial charge in [-0.15, -0.1) is 0 Å². The van der Waals surface area contributed by atoms with Gasteiger partial charge in [-0.25, -0.2) is 0 Å². The summed E-state index contributed by atoms with van der Waals surface area (Å²) >= 11 is 0. The number of aliphatic hydroxyl groups excluding tert-OH is 1. The zero-order valence-electron chi connectivity index (χ0n) is 11.3. The first-order valence-electron chi connectivity index (χ1n) is 6.78. The minimum atomic E-state index is -0.434. The molecule has 0 unspecified atom stereocenters. The zero-order valence-corrected chi connectivity index (χ0v) is 11.3. The van der Waals surface area contributed by atoms with Gasteiger partial charge in [0.05, 0.1) is 12.6 Å². The van der Waals surface area contributed by atoms with Crippen LogP contribution in [0.4, 0.5) is 0 Å². The number of aromatic nitrogens is 2. The van der Waals surface area contributed by atoms with Crippen LogP contribution in [-0.2, 0) is 11.3 Å². The van der Waals surface area contributed by atoms with E-state index in [1.165, 1.54) is 0 Å². The highest BCUT2D eigenvalue weighted by molar-refractivity contribution is 5.73. The molecule has 1 aliphatic heterocycles. The van der Waals surface area contributed by atoms with Gasteiger partial charge in [0.1, 0.15) is 0 Å². The van der Waals surface area contributed by atoms with Crippen LogP contribution in [0, 0.1) is 0 Å². The lowest BCUT2D eigenvalue weighted by atomic mass is 10.1. The molecule has 2 rings (SSSR count). The van der Waals surface area contributed by atoms with Crippen LogP contribution >= 0.6 is 0 Å². The van der Waals surface area contributed by atoms with Crippen LogP contribution < -0.4 is 5.32 Å². The van der Waals surface area contributed by atoms with Crippen molar-refractivity contribution in [2.24, 2.45) is 0 Å². The fourth-order valence-electron chi connectivity index (χ4n) is 2.61. The Morgan fingerprint density at radius 2 is 2.42 bits per heavy atom. The third kappa shape index (κ3) is 4.65. The molecule has 1 amide bonds. The fraction of sp³-hybridized carbons (Fsp3) is 0.692. The van der Waals surface area contributed by atoms with Gasteiger partial charge < -0.3 is 10.4 Å². The van der Waals surface area contributed by atoms with E-state index in [2.05, 4.69) is 15.3 Å². The lowest BCUT2D eigenvalue weighted by molar-refractivity contribution is -0.120. The highest BCUT2D eigenvalue weighted by Crippen LogP contribution is 2.10. The number of amides is 1. The minimum Gasteiger partial charge on any atom is -0.390 e. The van der Waals surface area contributed by atoms with Gasteiger partial charge in [0.25, 0.3) is 0 Å². The van der Waals surface area contributed by atoms with E-state index in [4.69, 9.17) is 0 Å². The second kappa shape index (κ2) is 6.68. The molecule has 0 bridgehead atoms. The number of likely N-dealkylation sites (tertiary alicyclic amines) is 1. The first kappa shape index (κ1) is 14.0. The summed E-state index contributed by atoms with van der Waals surface area (Å²) in [5.41, 5.74) is 0. The molecule has 0 spiro atoms. The number of β-amino-alcohol motifs (C(OH)–C–C–N with tert-alkyl or cyclic N) is 1. The molecule has 1 saturated heterocycles. The van der Waals surface area contributed by atoms with E-state index in [0.717, 1.165) is 25.9 Å². The lowest BCUT2D eigenvalue weighted by Gasteiger charge is -2.34. The predicted molar refractivity (Wildman–Crippen MR) is 71.5 cm³/mol. The van der Waals surface area contributed by atoms with Crippen LogP contribution in [0.1, 0.15) is 19.8 Å². The molecular weight excluding hydrogens is 244 g/mol. The van der Waals surface area contributed by atoms with Crippen molar-refractivity contribution in [1.82, 2.24) is 20.0 Å². The molecule has 1 aromatic rings. The number of hydrogen-bond acceptors (Lipinski definition) is 4. The molecule has 1 fully saturated rings. The van der Waals surface area contributed by atoms with Gasteiger partial charge in [-0.3, -0.25) is 14.4 Å². The molecule has 2 atom stereocenters. The maximum absolute atomic E-state index is 11.1. The molecule has 19 heavy (non-hydrogen) atoms. The summed E-state index contributed by atoms with van der Waals surface area (Å²) < 4.78 is 1.74. The minimum absolute atomic E-state index is 0.0175. The Bertz CT molecular complexity index is 393. The van der Waals surface area contributed by atoms with Gasteiger partial charge in [0, 0.05) is 38.4 Å². The van der Waals surface area contributed by atoms with Gasteiger partial charge in [-0.1, -0.05) is 0 Å². The van der Waals surface area contributed by atoms with E-state index in [1.807, 2.05) is 12.3 Å². The number of aliphatic hydroxyl groups is 1. The van der Waals surface area contributed by atoms with E-state index in [1.54, 1.807) is 17.8 Å². The van der Waals surface area contributed by atoms with Gasteiger partial charge in [-0.05, 0) is 25.5 Å². The maximum atomic E-state index is 11.1. The summed E-state index contributed by atoms with van der Waals surface area (Å²) in [5.74, 6) is 0.0175. The van der Waals surface area contributed by atoms with Crippen LogP contribution in [-0.4, -0.2) is 57.5 Å². The molecule has 6 nitrogen and oxygen atoms in total. The SMILES string of the molecule is CC(=O)N[C@H]1CCCN(C[C@@H](O)Cn2cccn2)C1. The number of carbonyl (C=O) groups is 1. The predicted octanol–water partition coefficient (Wildman–Crippen LogP) is -0.155. The maximum Gasteiger partial charge on any atom is 0.217 e. The van der Waals surface area contributed by atoms with Crippen molar-refractivity contribution in [2.45, 2.75) is 38.5 Å². The van der Waals surface area contributed by atoms with Crippen molar-refractivity contribution in [2.75, 3.05) is 19.6 Å². The number of rotatable bonds is 5. The molecular formula is C13H22N4O2. The second-order valence-electron chi connectivity index (χ2n) is 5.18. The number of nitrogens with one attached hydrogen (secondary N) is 1. The first-order valence-corrected chi connectivity index (χ1v) is 6.78. The van der Waals surface area contributed by atoms with Crippen molar-refractivity contribution in [3.05, 3.63) is 18.5 Å². The summed E-state index contributed by atoms with van der Waals surface area (Å²) in [6.45, 7) is 4.47. The topological polar surface area (TPSA) is 70.4 Å². The Labute approximate surface area is 113 Å². The number of piperidine rings is 1. The Morgan fingerprint density at radius 1 is 1.58 bits per heavy atom. The molecule has 1 aromatic heterocycles. The summed E-state index contributed by atoms with van der Waals surface area (Å²) in [6.07, 6.45) is 5.20. The zero-order chi connectivity index (χ0) is 13.7. The molecule has 6 heteroatoms. The summed E-state index contributed by atoms with van der Waals surface area (Å²) in [4.78, 5) is 13.3. The number of hydrogen-bond donors (Lipinski definition) is 2. The van der Waals surface area contributed by atoms with E-state index in [0.29, 0.717) is 13.1 Å². The lowest BCUT2D eigenvalue weighted by Crippen LogP contribution is -2.49. The monoisotopic (exact) mass is 266 g/mol. The van der Waals surface area contributed by atoms with Crippen molar-refractivity contribution < 1.29 is 9.90 Å². The Hall–Kier alpha value is -1.40. The molecule has 0 aliphatic carbocycles. The van der Waals surface area contributed by atoms with Crippen LogP contribution in [0.5, 0.6) is 0 Å². The highest BCUT2D eigenvalue weighted by Gasteiger charge is 2.22. The van der Waals surface area contributed by atoms with Gasteiger partial charge in [0.2, 0.25) is 5.91 Å². The Morgan fingerprint density at radius 3 is 3.11 bits per heavy atom. The van der Waals surface area contributed by atoms with Crippen molar-refractivity contribution in [3.63, 3.8) is 0 Å². The third-order valence-corrected chi connectivity index (χ3v) is 3.34. The van der Waals surface area contributed by atoms with Gasteiger partial charge in [-0.2, -0.15) is 5.10 Å². The summed E-state index contributed by atoms with van der Waals surface area (Å²) in [7, 11) is 0. The van der Waals surface area contributed by atoms with Crippen molar-refractivity contribution in [1.29, 1.82) is 0 Å². The van der Waals surface area contributed by atoms with Crippen molar-refractivity contribution in [3.8, 4) is 0 Å². The number of nitrogens with zero attached hydrogens (tertiary/aromatic N) is 3. The largest absolute Gasteiger partial charge is 0.390 e. The van der Waals surface area contributed by atoms with Crippen LogP contribution in [0.2, 0.25) is 0 Å². The van der Waals surface area contributed by atoms with Gasteiger partial charge in [0.15, 0.2) is 0 Å². The van der Waals surface area contributed by atoms with Crippen molar-refractivity contribution >= 4 is 5.91 Å². The average molecular weight is 266 g/mol. The third-order valence-electron chi connectivity index (χ3n) is 3.34. The van der Waals surface area contributed by atoms with E-state index < -0.39 is 6.10 Å². The molecule has 0 aromatic carbocycles. The van der Waals surface area contributed by atoms with E-state index >= 15 is 0 Å². The molecule has 0 radical (unpaired) electrons. The Balaban J connectivity index is 1.76. The summed E-state index contributed by atoms with van der Waals surface area (Å²) in [6, 6.07) is 2.06. The molecule has 106 valence electrons. The van der Waals surface area contributed by atoms with Gasteiger partial charge >= 0.3 is 0 Å². The smallest absolute Gasteiger partial charge is 0.217 e. The van der Waals surface area contributed by atoms with Crippen LogP contribution in [0.25, 0.3) is 0 Å². The quantitative estimate of drug-likeness (QED) is 0.777. The fourth-order valence-corrected chi connectivity index (χ4v) is 2.61. The van der Waals surface area contributed by atoms with Crippen LogP contribution in [0.15, 0.2) is 18.5 Å². The highest BCUT2D eigenvalue weighted by atomic mass is 16.3. The molecule has 2 N–H and O–H groups in total. The van der Waals surface area contributed by atoms with E-state index in [-0.39, 0.29) is 11.9 Å². The van der Waals surface area contributed by atoms with E-state index in [9.17, 15) is 9.90 Å². The second-order valence-corrected chi connectivity index (χ2v) is 5.18. The standard InChI is InChI=1S/C13H22N4O2/c1-11(18)15-12-4-2-6-16(8-12)9-13(19)10-17-7-3-5-14-17/h3,5,7,12-13,19H,2,4,6,8-10H2,1H3,(H,15,18)/t12-,13+/m0/s1.